The van der Waals surface area contributed by atoms with E-state index in [1.54, 1.807) is 12.4 Å². The molecule has 21 heavy (non-hydrogen) atoms. The largest absolute Gasteiger partial charge is 0.399 e. The number of hydrogen-bond donors (Lipinski definition) is 2. The van der Waals surface area contributed by atoms with Gasteiger partial charge in [0.25, 0.3) is 0 Å². The highest BCUT2D eigenvalue weighted by atomic mass is 15.3. The minimum atomic E-state index is 0.663. The van der Waals surface area contributed by atoms with Gasteiger partial charge in [0.1, 0.15) is 5.82 Å². The van der Waals surface area contributed by atoms with Crippen molar-refractivity contribution in [3.05, 3.63) is 60.4 Å². The van der Waals surface area contributed by atoms with Crippen LogP contribution < -0.4 is 11.5 Å². The molecule has 0 spiro atoms. The van der Waals surface area contributed by atoms with Crippen LogP contribution in [0.2, 0.25) is 0 Å². The van der Waals surface area contributed by atoms with Crippen molar-refractivity contribution in [1.29, 1.82) is 0 Å². The molecule has 4 N–H and O–H groups in total. The van der Waals surface area contributed by atoms with Crippen molar-refractivity contribution in [2.45, 2.75) is 13.0 Å². The van der Waals surface area contributed by atoms with E-state index in [9.17, 15) is 0 Å². The van der Waals surface area contributed by atoms with Gasteiger partial charge in [-0.15, -0.1) is 0 Å². The van der Waals surface area contributed by atoms with E-state index >= 15 is 0 Å². The third-order valence-electron chi connectivity index (χ3n) is 3.38. The molecule has 0 radical (unpaired) electrons. The molecule has 2 heterocycles. The smallest absolute Gasteiger partial charge is 0.122 e. The van der Waals surface area contributed by atoms with Crippen molar-refractivity contribution < 1.29 is 0 Å². The number of aromatic nitrogens is 3. The molecule has 0 saturated heterocycles. The van der Waals surface area contributed by atoms with Gasteiger partial charge in [-0.05, 0) is 36.2 Å². The van der Waals surface area contributed by atoms with Gasteiger partial charge in [0.05, 0.1) is 5.69 Å². The summed E-state index contributed by atoms with van der Waals surface area (Å²) in [6.07, 6.45) is 4.46. The predicted molar refractivity (Wildman–Crippen MR) is 84.4 cm³/mol. The molecule has 5 heteroatoms. The Bertz CT molecular complexity index is 716. The Morgan fingerprint density at radius 1 is 0.952 bits per heavy atom. The Morgan fingerprint density at radius 2 is 1.67 bits per heavy atom. The zero-order valence-electron chi connectivity index (χ0n) is 11.6. The summed E-state index contributed by atoms with van der Waals surface area (Å²) in [5, 5.41) is 4.56. The quantitative estimate of drug-likeness (QED) is 0.718. The first-order valence-electron chi connectivity index (χ1n) is 6.80. The average Bonchev–Trinajstić information content (AvgIpc) is 2.88. The molecule has 0 aliphatic carbocycles. The molecule has 0 bridgehead atoms. The number of pyridine rings is 1. The summed E-state index contributed by atoms with van der Waals surface area (Å²) in [4.78, 5) is 4.01. The molecular formula is C16H17N5. The van der Waals surface area contributed by atoms with Crippen LogP contribution in [-0.2, 0) is 13.0 Å². The van der Waals surface area contributed by atoms with E-state index in [2.05, 4.69) is 10.1 Å². The van der Waals surface area contributed by atoms with Crippen molar-refractivity contribution >= 4 is 11.5 Å². The van der Waals surface area contributed by atoms with E-state index in [4.69, 9.17) is 11.5 Å². The van der Waals surface area contributed by atoms with Gasteiger partial charge < -0.3 is 11.5 Å². The molecule has 106 valence electrons. The molecule has 0 unspecified atom stereocenters. The standard InChI is InChI=1S/C16H17N5/c17-14-3-1-13(2-4-14)15-11-16(18)21(20-15)10-7-12-5-8-19-9-6-12/h1-6,8-9,11H,7,10,17-18H2. The second kappa shape index (κ2) is 5.66. The van der Waals surface area contributed by atoms with Gasteiger partial charge in [0.15, 0.2) is 0 Å². The molecule has 1 aromatic carbocycles. The first-order valence-corrected chi connectivity index (χ1v) is 6.80. The molecule has 3 aromatic rings. The summed E-state index contributed by atoms with van der Waals surface area (Å²) < 4.78 is 1.83. The van der Waals surface area contributed by atoms with Gasteiger partial charge in [-0.1, -0.05) is 12.1 Å². The van der Waals surface area contributed by atoms with E-state index < -0.39 is 0 Å². The highest BCUT2D eigenvalue weighted by molar-refractivity contribution is 5.64. The molecule has 0 fully saturated rings. The molecule has 0 atom stereocenters. The monoisotopic (exact) mass is 279 g/mol. The fourth-order valence-corrected chi connectivity index (χ4v) is 2.19. The van der Waals surface area contributed by atoms with Gasteiger partial charge in [-0.2, -0.15) is 5.10 Å². The third-order valence-corrected chi connectivity index (χ3v) is 3.38. The van der Waals surface area contributed by atoms with Crippen LogP contribution >= 0.6 is 0 Å². The molecule has 3 rings (SSSR count). The second-order valence-corrected chi connectivity index (χ2v) is 4.91. The Kier molecular flexibility index (Phi) is 3.55. The van der Waals surface area contributed by atoms with E-state index in [1.807, 2.05) is 47.1 Å². The van der Waals surface area contributed by atoms with Crippen LogP contribution in [0.15, 0.2) is 54.9 Å². The van der Waals surface area contributed by atoms with Crippen LogP contribution in [0.25, 0.3) is 11.3 Å². The zero-order chi connectivity index (χ0) is 14.7. The lowest BCUT2D eigenvalue weighted by Crippen LogP contribution is -2.06. The number of benzene rings is 1. The molecule has 0 saturated carbocycles. The summed E-state index contributed by atoms with van der Waals surface area (Å²) in [6.45, 7) is 0.741. The molecule has 5 nitrogen and oxygen atoms in total. The molecule has 0 aliphatic rings. The van der Waals surface area contributed by atoms with Gasteiger partial charge in [-0.25, -0.2) is 4.68 Å². The lowest BCUT2D eigenvalue weighted by Gasteiger charge is -2.04. The summed E-state index contributed by atoms with van der Waals surface area (Å²) in [6, 6.07) is 13.5. The maximum absolute atomic E-state index is 6.04. The molecular weight excluding hydrogens is 262 g/mol. The highest BCUT2D eigenvalue weighted by Crippen LogP contribution is 2.21. The van der Waals surface area contributed by atoms with Crippen LogP contribution in [-0.4, -0.2) is 14.8 Å². The van der Waals surface area contributed by atoms with E-state index in [1.165, 1.54) is 5.56 Å². The lowest BCUT2D eigenvalue weighted by atomic mass is 10.1. The Labute approximate surface area is 123 Å². The maximum Gasteiger partial charge on any atom is 0.122 e. The van der Waals surface area contributed by atoms with Crippen molar-refractivity contribution in [3.63, 3.8) is 0 Å². The molecule has 0 aliphatic heterocycles. The van der Waals surface area contributed by atoms with Crippen molar-refractivity contribution in [3.8, 4) is 11.3 Å². The number of nitrogen functional groups attached to an aromatic ring is 2. The van der Waals surface area contributed by atoms with Gasteiger partial charge in [-0.3, -0.25) is 4.98 Å². The normalized spacial score (nSPS) is 10.7. The SMILES string of the molecule is Nc1ccc(-c2cc(N)n(CCc3ccncc3)n2)cc1. The number of anilines is 2. The van der Waals surface area contributed by atoms with Crippen LogP contribution in [0.4, 0.5) is 11.5 Å². The van der Waals surface area contributed by atoms with Crippen LogP contribution in [0.1, 0.15) is 5.56 Å². The third kappa shape index (κ3) is 3.02. The lowest BCUT2D eigenvalue weighted by molar-refractivity contribution is 0.625. The Morgan fingerprint density at radius 3 is 2.38 bits per heavy atom. The fraction of sp³-hybridized carbons (Fsp3) is 0.125. The summed E-state index contributed by atoms with van der Waals surface area (Å²) in [7, 11) is 0. The maximum atomic E-state index is 6.04. The molecule has 2 aromatic heterocycles. The highest BCUT2D eigenvalue weighted by Gasteiger charge is 2.07. The van der Waals surface area contributed by atoms with Crippen molar-refractivity contribution in [2.75, 3.05) is 11.5 Å². The minimum Gasteiger partial charge on any atom is -0.399 e. The van der Waals surface area contributed by atoms with E-state index in [0.717, 1.165) is 29.9 Å². The van der Waals surface area contributed by atoms with Crippen LogP contribution in [0.3, 0.4) is 0 Å². The summed E-state index contributed by atoms with van der Waals surface area (Å²) in [5.74, 6) is 0.663. The van der Waals surface area contributed by atoms with E-state index in [-0.39, 0.29) is 0 Å². The van der Waals surface area contributed by atoms with Crippen LogP contribution in [0.5, 0.6) is 0 Å². The number of hydrogen-bond acceptors (Lipinski definition) is 4. The second-order valence-electron chi connectivity index (χ2n) is 4.91. The van der Waals surface area contributed by atoms with E-state index in [0.29, 0.717) is 5.82 Å². The topological polar surface area (TPSA) is 82.8 Å². The van der Waals surface area contributed by atoms with Gasteiger partial charge in [0.2, 0.25) is 0 Å². The van der Waals surface area contributed by atoms with Crippen molar-refractivity contribution in [2.24, 2.45) is 0 Å². The number of aryl methyl sites for hydroxylation is 2. The number of rotatable bonds is 4. The Balaban J connectivity index is 1.77. The number of nitrogens with two attached hydrogens (primary N) is 2. The number of nitrogens with zero attached hydrogens (tertiary/aromatic N) is 3. The fourth-order valence-electron chi connectivity index (χ4n) is 2.19. The van der Waals surface area contributed by atoms with Crippen molar-refractivity contribution in [1.82, 2.24) is 14.8 Å². The zero-order valence-corrected chi connectivity index (χ0v) is 11.6. The summed E-state index contributed by atoms with van der Waals surface area (Å²) in [5.41, 5.74) is 15.6. The molecule has 0 amide bonds. The first-order chi connectivity index (χ1) is 10.2. The summed E-state index contributed by atoms with van der Waals surface area (Å²) >= 11 is 0. The van der Waals surface area contributed by atoms with Gasteiger partial charge >= 0.3 is 0 Å². The predicted octanol–water partition coefficient (Wildman–Crippen LogP) is 2.35. The van der Waals surface area contributed by atoms with Crippen LogP contribution in [0, 0.1) is 0 Å². The first kappa shape index (κ1) is 13.2. The van der Waals surface area contributed by atoms with Gasteiger partial charge in [0, 0.05) is 36.3 Å². The Hall–Kier alpha value is -2.82. The minimum absolute atomic E-state index is 0.663. The average molecular weight is 279 g/mol.